The number of benzene rings is 1. The second-order valence-electron chi connectivity index (χ2n) is 8.51. The number of rotatable bonds is 9. The van der Waals surface area contributed by atoms with Crippen LogP contribution in [-0.4, -0.2) is 57.8 Å². The minimum absolute atomic E-state index is 0.223. The van der Waals surface area contributed by atoms with Crippen LogP contribution in [0.25, 0.3) is 0 Å². The lowest BCUT2D eigenvalue weighted by atomic mass is 10.1. The summed E-state index contributed by atoms with van der Waals surface area (Å²) in [6.07, 6.45) is 4.40. The van der Waals surface area contributed by atoms with Crippen molar-refractivity contribution in [2.75, 3.05) is 11.9 Å². The maximum atomic E-state index is 13.2. The molecule has 188 valence electrons. The zero-order valence-corrected chi connectivity index (χ0v) is 20.4. The first kappa shape index (κ1) is 25.5. The van der Waals surface area contributed by atoms with Crippen LogP contribution in [-0.2, 0) is 21.0 Å². The van der Waals surface area contributed by atoms with Crippen molar-refractivity contribution in [3.8, 4) is 11.8 Å². The number of hydrogen-bond donors (Lipinski definition) is 3. The van der Waals surface area contributed by atoms with Crippen molar-refractivity contribution in [2.45, 2.75) is 38.5 Å². The van der Waals surface area contributed by atoms with E-state index in [0.717, 1.165) is 11.1 Å². The van der Waals surface area contributed by atoms with E-state index in [1.54, 1.807) is 23.9 Å². The summed E-state index contributed by atoms with van der Waals surface area (Å²) in [5.74, 6) is 5.42. The van der Waals surface area contributed by atoms with E-state index in [-0.39, 0.29) is 29.7 Å². The number of aliphatic hydroxyl groups is 1. The smallest absolute Gasteiger partial charge is 0.333 e. The number of aromatic nitrogens is 4. The van der Waals surface area contributed by atoms with Gasteiger partial charge in [-0.3, -0.25) is 13.7 Å². The molecule has 2 heterocycles. The molecule has 0 radical (unpaired) electrons. The second kappa shape index (κ2) is 11.0. The molecule has 4 N–H and O–H groups in total. The Morgan fingerprint density at radius 2 is 2.17 bits per heavy atom. The highest BCUT2D eigenvalue weighted by atomic mass is 32.2. The molecule has 36 heavy (non-hydrogen) atoms. The maximum Gasteiger partial charge on any atom is 0.333 e. The number of nitrogens with zero attached hydrogens (tertiary/aromatic N) is 4. The maximum absolute atomic E-state index is 13.2. The van der Waals surface area contributed by atoms with Crippen LogP contribution in [0.5, 0.6) is 0 Å². The summed E-state index contributed by atoms with van der Waals surface area (Å²) in [4.78, 5) is 21.4. The number of nitrogens with one attached hydrogen (secondary N) is 1. The number of anilines is 1. The molecule has 0 aliphatic heterocycles. The summed E-state index contributed by atoms with van der Waals surface area (Å²) >= 11 is 0. The van der Waals surface area contributed by atoms with Gasteiger partial charge >= 0.3 is 10.3 Å². The van der Waals surface area contributed by atoms with Crippen molar-refractivity contribution in [3.05, 3.63) is 71.4 Å². The van der Waals surface area contributed by atoms with Crippen LogP contribution in [0, 0.1) is 17.8 Å². The number of carbonyl (C=O) groups is 1. The molecule has 0 saturated heterocycles. The summed E-state index contributed by atoms with van der Waals surface area (Å²) in [5.41, 5.74) is 2.39. The summed E-state index contributed by atoms with van der Waals surface area (Å²) in [6, 6.07) is 9.18. The van der Waals surface area contributed by atoms with Gasteiger partial charge in [-0.15, -0.1) is 5.92 Å². The monoisotopic (exact) mass is 510 g/mol. The van der Waals surface area contributed by atoms with Crippen LogP contribution in [0.4, 0.5) is 5.82 Å². The van der Waals surface area contributed by atoms with E-state index < -0.39 is 22.3 Å². The number of nitrogens with two attached hydrogens (primary N) is 1. The van der Waals surface area contributed by atoms with Gasteiger partial charge in [0.15, 0.2) is 0 Å². The van der Waals surface area contributed by atoms with E-state index in [2.05, 4.69) is 36.4 Å². The number of hydrogen-bond acceptors (Lipinski definition) is 9. The molecule has 0 spiro atoms. The third-order valence-electron chi connectivity index (χ3n) is 5.82. The van der Waals surface area contributed by atoms with Crippen molar-refractivity contribution in [3.63, 3.8) is 0 Å². The molecule has 1 saturated carbocycles. The molecule has 0 bridgehead atoms. The van der Waals surface area contributed by atoms with Crippen molar-refractivity contribution in [1.29, 1.82) is 0 Å². The average molecular weight is 511 g/mol. The van der Waals surface area contributed by atoms with E-state index in [0.29, 0.717) is 25.2 Å². The lowest BCUT2D eigenvalue weighted by Gasteiger charge is -2.15. The third-order valence-corrected chi connectivity index (χ3v) is 6.28. The second-order valence-corrected chi connectivity index (χ2v) is 9.73. The average Bonchev–Trinajstić information content (AvgIpc) is 3.44. The fraction of sp³-hybridized carbons (Fsp3) is 0.333. The Morgan fingerprint density at radius 1 is 1.33 bits per heavy atom. The highest BCUT2D eigenvalue weighted by molar-refractivity contribution is 7.84. The molecule has 3 aromatic rings. The zero-order chi connectivity index (χ0) is 25.7. The third kappa shape index (κ3) is 6.52. The van der Waals surface area contributed by atoms with Crippen molar-refractivity contribution in [2.24, 2.45) is 11.1 Å². The van der Waals surface area contributed by atoms with Gasteiger partial charge in [0.05, 0.1) is 24.8 Å². The first-order valence-corrected chi connectivity index (χ1v) is 12.7. The van der Waals surface area contributed by atoms with Crippen LogP contribution in [0.1, 0.15) is 46.9 Å². The van der Waals surface area contributed by atoms with Gasteiger partial charge in [-0.2, -0.15) is 13.5 Å². The van der Waals surface area contributed by atoms with Gasteiger partial charge in [0.2, 0.25) is 5.78 Å². The molecule has 12 heteroatoms. The quantitative estimate of drug-likeness (QED) is 0.282. The number of carbonyl (C=O) groups excluding carboxylic acids is 1. The predicted molar refractivity (Wildman–Crippen MR) is 131 cm³/mol. The molecular formula is C24H26N6O5S. The van der Waals surface area contributed by atoms with E-state index in [9.17, 15) is 18.3 Å². The van der Waals surface area contributed by atoms with Crippen molar-refractivity contribution < 1.29 is 22.5 Å². The van der Waals surface area contributed by atoms with E-state index in [4.69, 9.17) is 5.14 Å². The Balaban J connectivity index is 1.44. The van der Waals surface area contributed by atoms with E-state index in [1.165, 1.54) is 12.5 Å². The van der Waals surface area contributed by atoms with Crippen LogP contribution in [0.15, 0.2) is 49.1 Å². The lowest BCUT2D eigenvalue weighted by molar-refractivity contribution is 0.101. The molecule has 4 rings (SSSR count). The molecule has 0 amide bonds. The predicted octanol–water partition coefficient (Wildman–Crippen LogP) is 1.10. The van der Waals surface area contributed by atoms with Gasteiger partial charge in [0, 0.05) is 29.9 Å². The fourth-order valence-corrected chi connectivity index (χ4v) is 4.54. The summed E-state index contributed by atoms with van der Waals surface area (Å²) in [6.45, 7) is 2.04. The largest absolute Gasteiger partial charge is 0.393 e. The first-order chi connectivity index (χ1) is 17.2. The molecular weight excluding hydrogens is 484 g/mol. The Bertz CT molecular complexity index is 1410. The summed E-state index contributed by atoms with van der Waals surface area (Å²) < 4.78 is 28.4. The van der Waals surface area contributed by atoms with Crippen molar-refractivity contribution >= 4 is 21.9 Å². The van der Waals surface area contributed by atoms with E-state index >= 15 is 0 Å². The highest BCUT2D eigenvalue weighted by Crippen LogP contribution is 2.30. The Hall–Kier alpha value is -3.63. The Morgan fingerprint density at radius 3 is 2.94 bits per heavy atom. The van der Waals surface area contributed by atoms with E-state index in [1.807, 2.05) is 24.3 Å². The molecule has 3 atom stereocenters. The van der Waals surface area contributed by atoms with Crippen LogP contribution < -0.4 is 10.5 Å². The molecule has 0 unspecified atom stereocenters. The van der Waals surface area contributed by atoms with Crippen molar-refractivity contribution in [1.82, 2.24) is 19.7 Å². The molecule has 1 aliphatic rings. The normalized spacial score (nSPS) is 19.5. The first-order valence-electron chi connectivity index (χ1n) is 11.2. The Kier molecular flexibility index (Phi) is 7.76. The van der Waals surface area contributed by atoms with Crippen LogP contribution in [0.3, 0.4) is 0 Å². The molecule has 2 aromatic heterocycles. The van der Waals surface area contributed by atoms with Gasteiger partial charge in [-0.1, -0.05) is 18.1 Å². The highest BCUT2D eigenvalue weighted by Gasteiger charge is 2.34. The molecule has 1 fully saturated rings. The number of aliphatic hydroxyl groups excluding tert-OH is 1. The summed E-state index contributed by atoms with van der Waals surface area (Å²) in [5, 5.41) is 22.8. The fourth-order valence-electron chi connectivity index (χ4n) is 4.17. The van der Waals surface area contributed by atoms with Gasteiger partial charge < -0.3 is 10.4 Å². The number of ketones is 1. The van der Waals surface area contributed by atoms with Crippen LogP contribution in [0.2, 0.25) is 0 Å². The van der Waals surface area contributed by atoms with Crippen LogP contribution >= 0.6 is 0 Å². The van der Waals surface area contributed by atoms with Gasteiger partial charge in [0.1, 0.15) is 17.8 Å². The lowest BCUT2D eigenvalue weighted by Crippen LogP contribution is -2.24. The van der Waals surface area contributed by atoms with Gasteiger partial charge in [-0.25, -0.2) is 15.1 Å². The Labute approximate surface area is 209 Å². The summed E-state index contributed by atoms with van der Waals surface area (Å²) in [7, 11) is -4.09. The molecule has 1 aliphatic carbocycles. The zero-order valence-electron chi connectivity index (χ0n) is 19.5. The minimum Gasteiger partial charge on any atom is -0.393 e. The standard InChI is InChI=1S/C24H26N6O5S/c1-2-4-16-5-3-6-17(9-16)13-30-8-7-21(29-30)23(32)20-12-26-15-27-24(20)28-19-10-18(22(31)11-19)14-35-36(25,33)34/h3,5-9,12,15,18-19,22,31H,10-11,13-14H2,1H3,(H2,25,33,34)(H,26,27,28)/t18-,19-,22+/m1/s1. The van der Waals surface area contributed by atoms with Gasteiger partial charge in [-0.05, 0) is 43.5 Å². The SMILES string of the molecule is CC#Cc1cccc(Cn2ccc(C(=O)c3cncnc3N[C@@H]3C[C@H](COS(N)(=O)=O)[C@@H](O)C3)n2)c1. The minimum atomic E-state index is -4.09. The molecule has 11 nitrogen and oxygen atoms in total. The van der Waals surface area contributed by atoms with Gasteiger partial charge in [0.25, 0.3) is 0 Å². The molecule has 1 aromatic carbocycles. The topological polar surface area (TPSA) is 162 Å².